The number of hydrogen-bond donors (Lipinski definition) is 0. The number of rotatable bonds is 4. The highest BCUT2D eigenvalue weighted by Crippen LogP contribution is 2.30. The monoisotopic (exact) mass is 408 g/mol. The van der Waals surface area contributed by atoms with Crippen LogP contribution in [0.2, 0.25) is 0 Å². The maximum atomic E-state index is 12.9. The van der Waals surface area contributed by atoms with Gasteiger partial charge in [0.1, 0.15) is 11.4 Å². The standard InChI is InChI=1S/C22H24N4O4/c1-24-20-16(21(28)25(2)22(24)29)11-12-17(23-20)18-10-6-7-13-26(18)19(27)14-30-15-8-4-3-5-9-15/h3-5,8-9,11-12,18H,6-7,10,13-14H2,1-2H3/t18-/m0/s1. The lowest BCUT2D eigenvalue weighted by Crippen LogP contribution is -2.41. The highest BCUT2D eigenvalue weighted by atomic mass is 16.5. The van der Waals surface area contributed by atoms with Gasteiger partial charge < -0.3 is 9.64 Å². The molecule has 8 heteroatoms. The van der Waals surface area contributed by atoms with Crippen LogP contribution in [-0.2, 0) is 18.9 Å². The number of nitrogens with zero attached hydrogens (tertiary/aromatic N) is 4. The smallest absolute Gasteiger partial charge is 0.332 e. The predicted molar refractivity (Wildman–Crippen MR) is 112 cm³/mol. The van der Waals surface area contributed by atoms with Crippen molar-refractivity contribution >= 4 is 16.9 Å². The van der Waals surface area contributed by atoms with Gasteiger partial charge in [-0.1, -0.05) is 18.2 Å². The zero-order valence-electron chi connectivity index (χ0n) is 17.1. The number of aromatic nitrogens is 3. The quantitative estimate of drug-likeness (QED) is 0.657. The number of likely N-dealkylation sites (tertiary alicyclic amines) is 1. The fraction of sp³-hybridized carbons (Fsp3) is 0.364. The van der Waals surface area contributed by atoms with E-state index in [0.717, 1.165) is 23.8 Å². The number of piperidine rings is 1. The number of amides is 1. The molecule has 0 radical (unpaired) electrons. The van der Waals surface area contributed by atoms with Crippen molar-refractivity contribution in [2.24, 2.45) is 14.1 Å². The molecule has 2 aromatic heterocycles. The Morgan fingerprint density at radius 1 is 1.07 bits per heavy atom. The number of benzene rings is 1. The van der Waals surface area contributed by atoms with Crippen LogP contribution < -0.4 is 16.0 Å². The number of ether oxygens (including phenoxy) is 1. The van der Waals surface area contributed by atoms with E-state index in [1.807, 2.05) is 30.3 Å². The summed E-state index contributed by atoms with van der Waals surface area (Å²) < 4.78 is 8.08. The number of carbonyl (C=O) groups is 1. The van der Waals surface area contributed by atoms with Crippen molar-refractivity contribution in [3.8, 4) is 5.75 Å². The second kappa shape index (κ2) is 8.14. The summed E-state index contributed by atoms with van der Waals surface area (Å²) in [6.07, 6.45) is 2.66. The predicted octanol–water partition coefficient (Wildman–Crippen LogP) is 1.76. The molecule has 1 atom stereocenters. The zero-order valence-corrected chi connectivity index (χ0v) is 17.1. The van der Waals surface area contributed by atoms with E-state index in [1.165, 1.54) is 11.6 Å². The van der Waals surface area contributed by atoms with E-state index < -0.39 is 5.69 Å². The molecular formula is C22H24N4O4. The average molecular weight is 408 g/mol. The first-order valence-electron chi connectivity index (χ1n) is 10.0. The molecule has 3 heterocycles. The minimum Gasteiger partial charge on any atom is -0.484 e. The van der Waals surface area contributed by atoms with Crippen LogP contribution >= 0.6 is 0 Å². The molecular weight excluding hydrogens is 384 g/mol. The van der Waals surface area contributed by atoms with Crippen LogP contribution in [0, 0.1) is 0 Å². The first kappa shape index (κ1) is 19.9. The summed E-state index contributed by atoms with van der Waals surface area (Å²) in [6.45, 7) is 0.573. The van der Waals surface area contributed by atoms with Gasteiger partial charge in [-0.3, -0.25) is 18.7 Å². The van der Waals surface area contributed by atoms with Gasteiger partial charge in [0.25, 0.3) is 11.5 Å². The first-order valence-corrected chi connectivity index (χ1v) is 10.0. The molecule has 8 nitrogen and oxygen atoms in total. The highest BCUT2D eigenvalue weighted by molar-refractivity contribution is 5.79. The molecule has 1 aliphatic rings. The van der Waals surface area contributed by atoms with Gasteiger partial charge in [0.05, 0.1) is 17.1 Å². The number of fused-ring (bicyclic) bond motifs is 1. The van der Waals surface area contributed by atoms with Gasteiger partial charge >= 0.3 is 5.69 Å². The topological polar surface area (TPSA) is 86.4 Å². The van der Waals surface area contributed by atoms with Crippen molar-refractivity contribution in [1.29, 1.82) is 0 Å². The average Bonchev–Trinajstić information content (AvgIpc) is 2.80. The van der Waals surface area contributed by atoms with Gasteiger partial charge in [-0.2, -0.15) is 0 Å². The minimum atomic E-state index is -0.426. The number of pyridine rings is 1. The van der Waals surface area contributed by atoms with Crippen molar-refractivity contribution in [3.05, 3.63) is 69.0 Å². The van der Waals surface area contributed by atoms with Crippen LogP contribution in [0.1, 0.15) is 31.0 Å². The summed E-state index contributed by atoms with van der Waals surface area (Å²) in [5.74, 6) is 0.539. The summed E-state index contributed by atoms with van der Waals surface area (Å²) in [5, 5.41) is 0.379. The van der Waals surface area contributed by atoms with E-state index in [0.29, 0.717) is 29.0 Å². The van der Waals surface area contributed by atoms with Crippen molar-refractivity contribution in [1.82, 2.24) is 19.0 Å². The normalized spacial score (nSPS) is 16.6. The van der Waals surface area contributed by atoms with Crippen molar-refractivity contribution in [2.45, 2.75) is 25.3 Å². The first-order chi connectivity index (χ1) is 14.5. The Bertz CT molecular complexity index is 1200. The minimum absolute atomic E-state index is 0.0485. The number of carbonyl (C=O) groups excluding carboxylic acids is 1. The summed E-state index contributed by atoms with van der Waals surface area (Å²) in [7, 11) is 3.05. The van der Waals surface area contributed by atoms with Crippen LogP contribution in [0.4, 0.5) is 0 Å². The molecule has 1 amide bonds. The Labute approximate surface area is 173 Å². The molecule has 0 bridgehead atoms. The van der Waals surface area contributed by atoms with Crippen molar-refractivity contribution in [2.75, 3.05) is 13.2 Å². The van der Waals surface area contributed by atoms with Crippen molar-refractivity contribution < 1.29 is 9.53 Å². The molecule has 1 aliphatic heterocycles. The molecule has 0 saturated carbocycles. The van der Waals surface area contributed by atoms with E-state index in [2.05, 4.69) is 4.98 Å². The Balaban J connectivity index is 1.64. The van der Waals surface area contributed by atoms with Crippen LogP contribution in [0.15, 0.2) is 52.1 Å². The SMILES string of the molecule is Cn1c(=O)c2ccc([C@@H]3CCCCN3C(=O)COc3ccccc3)nc2n(C)c1=O. The van der Waals surface area contributed by atoms with Gasteiger partial charge in [-0.25, -0.2) is 9.78 Å². The summed E-state index contributed by atoms with van der Waals surface area (Å²) in [6, 6.07) is 12.5. The maximum Gasteiger partial charge on any atom is 0.332 e. The molecule has 1 aromatic carbocycles. The lowest BCUT2D eigenvalue weighted by molar-refractivity contribution is -0.137. The second-order valence-electron chi connectivity index (χ2n) is 7.51. The Kier molecular flexibility index (Phi) is 5.39. The zero-order chi connectivity index (χ0) is 21.3. The van der Waals surface area contributed by atoms with Gasteiger partial charge in [-0.15, -0.1) is 0 Å². The molecule has 1 saturated heterocycles. The van der Waals surface area contributed by atoms with E-state index >= 15 is 0 Å². The Morgan fingerprint density at radius 2 is 1.83 bits per heavy atom. The summed E-state index contributed by atoms with van der Waals surface area (Å²) in [4.78, 5) is 44.0. The van der Waals surface area contributed by atoms with E-state index in [9.17, 15) is 14.4 Å². The number of hydrogen-bond acceptors (Lipinski definition) is 5. The lowest BCUT2D eigenvalue weighted by atomic mass is 9.98. The van der Waals surface area contributed by atoms with Crippen LogP contribution in [-0.4, -0.2) is 38.1 Å². The molecule has 3 aromatic rings. The number of para-hydroxylation sites is 1. The number of aryl methyl sites for hydroxylation is 1. The highest BCUT2D eigenvalue weighted by Gasteiger charge is 2.29. The van der Waals surface area contributed by atoms with Gasteiger partial charge in [0, 0.05) is 20.6 Å². The lowest BCUT2D eigenvalue weighted by Gasteiger charge is -2.35. The Hall–Kier alpha value is -3.42. The van der Waals surface area contributed by atoms with Gasteiger partial charge in [0.15, 0.2) is 6.61 Å². The van der Waals surface area contributed by atoms with Gasteiger partial charge in [0.2, 0.25) is 0 Å². The fourth-order valence-electron chi connectivity index (χ4n) is 3.94. The van der Waals surface area contributed by atoms with E-state index in [4.69, 9.17) is 4.74 Å². The molecule has 30 heavy (non-hydrogen) atoms. The third kappa shape index (κ3) is 3.60. The van der Waals surface area contributed by atoms with E-state index in [-0.39, 0.29) is 24.1 Å². The maximum absolute atomic E-state index is 12.9. The third-order valence-electron chi connectivity index (χ3n) is 5.59. The van der Waals surface area contributed by atoms with Crippen LogP contribution in [0.5, 0.6) is 5.75 Å². The molecule has 1 fully saturated rings. The second-order valence-corrected chi connectivity index (χ2v) is 7.51. The fourth-order valence-corrected chi connectivity index (χ4v) is 3.94. The molecule has 0 aliphatic carbocycles. The summed E-state index contributed by atoms with van der Waals surface area (Å²) in [5.41, 5.74) is 0.211. The molecule has 0 unspecified atom stereocenters. The van der Waals surface area contributed by atoms with Crippen LogP contribution in [0.3, 0.4) is 0 Å². The van der Waals surface area contributed by atoms with E-state index in [1.54, 1.807) is 24.1 Å². The Morgan fingerprint density at radius 3 is 2.60 bits per heavy atom. The molecule has 156 valence electrons. The molecule has 0 spiro atoms. The van der Waals surface area contributed by atoms with Crippen molar-refractivity contribution in [3.63, 3.8) is 0 Å². The molecule has 4 rings (SSSR count). The third-order valence-corrected chi connectivity index (χ3v) is 5.59. The largest absolute Gasteiger partial charge is 0.484 e. The van der Waals surface area contributed by atoms with Gasteiger partial charge in [-0.05, 0) is 43.5 Å². The molecule has 0 N–H and O–H groups in total. The van der Waals surface area contributed by atoms with Crippen LogP contribution in [0.25, 0.3) is 11.0 Å². The summed E-state index contributed by atoms with van der Waals surface area (Å²) >= 11 is 0.